The molecule has 120 valence electrons. The predicted octanol–water partition coefficient (Wildman–Crippen LogP) is 3.94. The summed E-state index contributed by atoms with van der Waals surface area (Å²) in [5, 5.41) is 0. The van der Waals surface area contributed by atoms with E-state index in [4.69, 9.17) is 5.73 Å². The van der Waals surface area contributed by atoms with Gasteiger partial charge in [-0.2, -0.15) is 0 Å². The van der Waals surface area contributed by atoms with E-state index in [0.29, 0.717) is 5.54 Å². The molecule has 0 radical (unpaired) electrons. The van der Waals surface area contributed by atoms with E-state index in [1.807, 2.05) is 0 Å². The molecule has 1 spiro atoms. The minimum Gasteiger partial charge on any atom is -0.329 e. The van der Waals surface area contributed by atoms with Crippen molar-refractivity contribution in [1.29, 1.82) is 0 Å². The first kappa shape index (κ1) is 14.5. The molecule has 1 aliphatic heterocycles. The highest BCUT2D eigenvalue weighted by molar-refractivity contribution is 5.02. The zero-order chi connectivity index (χ0) is 14.3. The number of hydrogen-bond donors (Lipinski definition) is 1. The number of likely N-dealkylation sites (tertiary alicyclic amines) is 1. The summed E-state index contributed by atoms with van der Waals surface area (Å²) in [6.45, 7) is 3.59. The Labute approximate surface area is 130 Å². The van der Waals surface area contributed by atoms with Gasteiger partial charge >= 0.3 is 0 Å². The van der Waals surface area contributed by atoms with Crippen molar-refractivity contribution >= 4 is 0 Å². The van der Waals surface area contributed by atoms with Crippen LogP contribution in [-0.2, 0) is 0 Å². The number of nitrogens with two attached hydrogens (primary N) is 1. The van der Waals surface area contributed by atoms with Crippen LogP contribution in [-0.4, -0.2) is 30.1 Å². The van der Waals surface area contributed by atoms with E-state index in [1.54, 1.807) is 0 Å². The molecule has 0 aromatic rings. The summed E-state index contributed by atoms with van der Waals surface area (Å²) in [5.74, 6) is 2.08. The minimum absolute atomic E-state index is 0.381. The van der Waals surface area contributed by atoms with Gasteiger partial charge in [0.1, 0.15) is 0 Å². The van der Waals surface area contributed by atoms with Crippen molar-refractivity contribution in [2.75, 3.05) is 19.6 Å². The maximum absolute atomic E-state index is 6.36. The van der Waals surface area contributed by atoms with Gasteiger partial charge in [-0.05, 0) is 81.7 Å². The Morgan fingerprint density at radius 1 is 0.810 bits per heavy atom. The third-order valence-corrected chi connectivity index (χ3v) is 7.69. The van der Waals surface area contributed by atoms with E-state index in [-0.39, 0.29) is 0 Å². The van der Waals surface area contributed by atoms with Crippen LogP contribution in [0.2, 0.25) is 0 Å². The molecule has 1 saturated heterocycles. The second kappa shape index (κ2) is 5.53. The van der Waals surface area contributed by atoms with Crippen molar-refractivity contribution in [3.05, 3.63) is 0 Å². The van der Waals surface area contributed by atoms with Crippen molar-refractivity contribution in [3.8, 4) is 0 Å². The average molecular weight is 290 g/mol. The molecule has 2 nitrogen and oxygen atoms in total. The lowest BCUT2D eigenvalue weighted by atomic mass is 9.70. The molecule has 1 heterocycles. The molecule has 0 aromatic heterocycles. The van der Waals surface area contributed by atoms with Gasteiger partial charge in [0.15, 0.2) is 0 Å². The molecular formula is C19H34N2. The summed E-state index contributed by atoms with van der Waals surface area (Å²) >= 11 is 0. The monoisotopic (exact) mass is 290 g/mol. The summed E-state index contributed by atoms with van der Waals surface area (Å²) in [4.78, 5) is 2.85. The quantitative estimate of drug-likeness (QED) is 0.853. The predicted molar refractivity (Wildman–Crippen MR) is 88.2 cm³/mol. The van der Waals surface area contributed by atoms with Crippen LogP contribution in [0.25, 0.3) is 0 Å². The number of piperidine rings is 1. The lowest BCUT2D eigenvalue weighted by Gasteiger charge is -2.52. The van der Waals surface area contributed by atoms with Crippen molar-refractivity contribution in [1.82, 2.24) is 4.90 Å². The van der Waals surface area contributed by atoms with Crippen LogP contribution in [0.4, 0.5) is 0 Å². The SMILES string of the molecule is NCC1(N2CCC3(CCCC3)CC2)CCCC(C2CC2)C1. The maximum atomic E-state index is 6.36. The van der Waals surface area contributed by atoms with Gasteiger partial charge in [-0.3, -0.25) is 4.90 Å². The third-order valence-electron chi connectivity index (χ3n) is 7.69. The van der Waals surface area contributed by atoms with E-state index in [1.165, 1.54) is 90.1 Å². The van der Waals surface area contributed by atoms with E-state index in [0.717, 1.165) is 23.8 Å². The van der Waals surface area contributed by atoms with E-state index in [9.17, 15) is 0 Å². The Bertz CT molecular complexity index is 360. The highest BCUT2D eigenvalue weighted by atomic mass is 15.2. The smallest absolute Gasteiger partial charge is 0.0334 e. The third kappa shape index (κ3) is 2.67. The summed E-state index contributed by atoms with van der Waals surface area (Å²) in [7, 11) is 0. The molecule has 0 aromatic carbocycles. The summed E-state index contributed by atoms with van der Waals surface area (Å²) in [6.07, 6.45) is 17.7. The Morgan fingerprint density at radius 3 is 2.14 bits per heavy atom. The molecule has 2 unspecified atom stereocenters. The largest absolute Gasteiger partial charge is 0.329 e. The Balaban J connectivity index is 1.43. The van der Waals surface area contributed by atoms with Crippen molar-refractivity contribution in [2.24, 2.45) is 23.0 Å². The summed E-state index contributed by atoms with van der Waals surface area (Å²) < 4.78 is 0. The lowest BCUT2D eigenvalue weighted by molar-refractivity contribution is -0.0143. The van der Waals surface area contributed by atoms with E-state index < -0.39 is 0 Å². The average Bonchev–Trinajstić information content (AvgIpc) is 3.30. The first-order valence-electron chi connectivity index (χ1n) is 9.71. The van der Waals surface area contributed by atoms with Gasteiger partial charge in [0.05, 0.1) is 0 Å². The fraction of sp³-hybridized carbons (Fsp3) is 1.00. The minimum atomic E-state index is 0.381. The number of rotatable bonds is 3. The van der Waals surface area contributed by atoms with Gasteiger partial charge < -0.3 is 5.73 Å². The van der Waals surface area contributed by atoms with Crippen molar-refractivity contribution < 1.29 is 0 Å². The van der Waals surface area contributed by atoms with Gasteiger partial charge in [0, 0.05) is 12.1 Å². The molecule has 2 atom stereocenters. The second-order valence-corrected chi connectivity index (χ2v) is 8.82. The van der Waals surface area contributed by atoms with E-state index in [2.05, 4.69) is 4.90 Å². The number of nitrogens with zero attached hydrogens (tertiary/aromatic N) is 1. The molecule has 2 N–H and O–H groups in total. The van der Waals surface area contributed by atoms with Crippen LogP contribution >= 0.6 is 0 Å². The van der Waals surface area contributed by atoms with Crippen LogP contribution in [0.15, 0.2) is 0 Å². The van der Waals surface area contributed by atoms with Gasteiger partial charge in [-0.1, -0.05) is 25.7 Å². The maximum Gasteiger partial charge on any atom is 0.0334 e. The fourth-order valence-corrected chi connectivity index (χ4v) is 6.04. The van der Waals surface area contributed by atoms with Gasteiger partial charge in [0.25, 0.3) is 0 Å². The zero-order valence-corrected chi connectivity index (χ0v) is 13.8. The van der Waals surface area contributed by atoms with Gasteiger partial charge in [0.2, 0.25) is 0 Å². The van der Waals surface area contributed by atoms with Crippen LogP contribution in [0, 0.1) is 17.3 Å². The van der Waals surface area contributed by atoms with Gasteiger partial charge in [-0.25, -0.2) is 0 Å². The summed E-state index contributed by atoms with van der Waals surface area (Å²) in [6, 6.07) is 0. The van der Waals surface area contributed by atoms with E-state index >= 15 is 0 Å². The van der Waals surface area contributed by atoms with Crippen LogP contribution in [0.3, 0.4) is 0 Å². The molecule has 4 aliphatic rings. The standard InChI is InChI=1S/C19H34N2/c20-15-19(9-3-4-17(14-19)16-5-6-16)21-12-10-18(11-13-21)7-1-2-8-18/h16-17H,1-15,20H2. The molecular weight excluding hydrogens is 256 g/mol. The zero-order valence-electron chi connectivity index (χ0n) is 13.8. The van der Waals surface area contributed by atoms with Crippen molar-refractivity contribution in [2.45, 2.75) is 82.6 Å². The molecule has 3 aliphatic carbocycles. The Morgan fingerprint density at radius 2 is 1.52 bits per heavy atom. The normalized spacial score (nSPS) is 40.7. The lowest BCUT2D eigenvalue weighted by Crippen LogP contribution is -2.59. The molecule has 4 fully saturated rings. The second-order valence-electron chi connectivity index (χ2n) is 8.82. The first-order chi connectivity index (χ1) is 10.3. The molecule has 0 bridgehead atoms. The molecule has 2 heteroatoms. The van der Waals surface area contributed by atoms with Crippen molar-refractivity contribution in [3.63, 3.8) is 0 Å². The van der Waals surface area contributed by atoms with Gasteiger partial charge in [-0.15, -0.1) is 0 Å². The molecule has 0 amide bonds. The highest BCUT2D eigenvalue weighted by Crippen LogP contribution is 2.51. The Kier molecular flexibility index (Phi) is 3.82. The summed E-state index contributed by atoms with van der Waals surface area (Å²) in [5.41, 5.74) is 7.48. The fourth-order valence-electron chi connectivity index (χ4n) is 6.04. The van der Waals surface area contributed by atoms with Crippen LogP contribution in [0.1, 0.15) is 77.0 Å². The van der Waals surface area contributed by atoms with Crippen LogP contribution in [0.5, 0.6) is 0 Å². The Hall–Kier alpha value is -0.0800. The molecule has 21 heavy (non-hydrogen) atoms. The first-order valence-corrected chi connectivity index (χ1v) is 9.71. The molecule has 3 saturated carbocycles. The highest BCUT2D eigenvalue weighted by Gasteiger charge is 2.47. The number of hydrogen-bond acceptors (Lipinski definition) is 2. The van der Waals surface area contributed by atoms with Crippen LogP contribution < -0.4 is 5.73 Å². The molecule has 4 rings (SSSR count). The topological polar surface area (TPSA) is 29.3 Å².